The Hall–Kier alpha value is -0.560. The molecule has 0 bridgehead atoms. The maximum absolute atomic E-state index is 10.4. The molecule has 1 heteroatoms. The first-order valence-corrected chi connectivity index (χ1v) is 13.7. The Kier molecular flexibility index (Phi) is 6.59. The molecule has 0 aromatic carbocycles. The van der Waals surface area contributed by atoms with Gasteiger partial charge in [0.15, 0.2) is 0 Å². The minimum absolute atomic E-state index is 0.110. The first-order valence-electron chi connectivity index (χ1n) is 13.7. The second-order valence-electron chi connectivity index (χ2n) is 12.9. The number of rotatable bonds is 5. The van der Waals surface area contributed by atoms with Crippen LogP contribution in [0.2, 0.25) is 0 Å². The number of aliphatic hydroxyl groups is 1. The molecule has 0 aromatic heterocycles. The van der Waals surface area contributed by atoms with Crippen molar-refractivity contribution in [1.82, 2.24) is 0 Å². The average Bonchev–Trinajstić information content (AvgIpc) is 3.06. The monoisotopic (exact) mass is 426 g/mol. The van der Waals surface area contributed by atoms with Gasteiger partial charge in [-0.2, -0.15) is 0 Å². The smallest absolute Gasteiger partial charge is 0.0580 e. The van der Waals surface area contributed by atoms with Crippen LogP contribution in [-0.2, 0) is 0 Å². The fourth-order valence-electron chi connectivity index (χ4n) is 9.26. The Morgan fingerprint density at radius 3 is 2.52 bits per heavy atom. The van der Waals surface area contributed by atoms with E-state index in [0.717, 1.165) is 48.3 Å². The lowest BCUT2D eigenvalue weighted by Crippen LogP contribution is -2.53. The van der Waals surface area contributed by atoms with E-state index in [1.165, 1.54) is 38.5 Å². The van der Waals surface area contributed by atoms with Gasteiger partial charge in [0.25, 0.3) is 0 Å². The molecule has 4 rings (SSSR count). The normalized spacial score (nSPS) is 46.9. The van der Waals surface area contributed by atoms with Crippen molar-refractivity contribution in [1.29, 1.82) is 0 Å². The van der Waals surface area contributed by atoms with Crippen LogP contribution in [0.5, 0.6) is 0 Å². The van der Waals surface area contributed by atoms with E-state index in [2.05, 4.69) is 66.7 Å². The molecule has 10 atom stereocenters. The molecule has 31 heavy (non-hydrogen) atoms. The van der Waals surface area contributed by atoms with Crippen molar-refractivity contribution in [3.8, 4) is 0 Å². The zero-order valence-corrected chi connectivity index (χ0v) is 21.5. The Bertz CT molecular complexity index is 703. The quantitative estimate of drug-likeness (QED) is 0.441. The number of hydrogen-bond acceptors (Lipinski definition) is 1. The van der Waals surface area contributed by atoms with E-state index in [9.17, 15) is 5.11 Å². The molecule has 4 aliphatic carbocycles. The molecule has 0 radical (unpaired) electrons. The summed E-state index contributed by atoms with van der Waals surface area (Å²) in [6, 6.07) is 0. The molecule has 1 unspecified atom stereocenters. The zero-order valence-electron chi connectivity index (χ0n) is 21.5. The first kappa shape index (κ1) is 23.6. The fourth-order valence-corrected chi connectivity index (χ4v) is 9.26. The highest BCUT2D eigenvalue weighted by molar-refractivity contribution is 5.27. The molecule has 0 heterocycles. The maximum atomic E-state index is 10.4. The molecule has 0 amide bonds. The summed E-state index contributed by atoms with van der Waals surface area (Å²) in [7, 11) is 0. The van der Waals surface area contributed by atoms with Gasteiger partial charge in [-0.1, -0.05) is 72.3 Å². The minimum Gasteiger partial charge on any atom is -0.393 e. The van der Waals surface area contributed by atoms with E-state index in [0.29, 0.717) is 22.7 Å². The molecule has 3 saturated carbocycles. The Morgan fingerprint density at radius 2 is 1.84 bits per heavy atom. The number of fused-ring (bicyclic) bond motifs is 5. The molecule has 1 nitrogen and oxygen atoms in total. The average molecular weight is 427 g/mol. The number of aliphatic hydroxyl groups excluding tert-OH is 1. The van der Waals surface area contributed by atoms with E-state index in [4.69, 9.17) is 0 Å². The molecule has 176 valence electrons. The highest BCUT2D eigenvalue weighted by Gasteiger charge is 2.60. The standard InChI is InChI=1S/C30H50O/c1-8-22(19(2)3)10-9-20(4)26-13-14-27-25-12-11-23-18-24(31)17-21(5)30(23,7)28(25)15-16-29(26,27)6/h9-11,19-22,24-28,31H,8,12-18H2,1-7H3/b10-9+/t20-,21?,22+,24+,25+,26-,27+,28+,29-,30+/m1/s1. The summed E-state index contributed by atoms with van der Waals surface area (Å²) in [5, 5.41) is 10.4. The van der Waals surface area contributed by atoms with Gasteiger partial charge < -0.3 is 5.11 Å². The van der Waals surface area contributed by atoms with Gasteiger partial charge in [-0.3, -0.25) is 0 Å². The van der Waals surface area contributed by atoms with Gasteiger partial charge in [0.1, 0.15) is 0 Å². The van der Waals surface area contributed by atoms with Gasteiger partial charge in [-0.25, -0.2) is 0 Å². The van der Waals surface area contributed by atoms with Crippen LogP contribution >= 0.6 is 0 Å². The van der Waals surface area contributed by atoms with E-state index in [1.54, 1.807) is 5.57 Å². The van der Waals surface area contributed by atoms with E-state index < -0.39 is 0 Å². The van der Waals surface area contributed by atoms with E-state index in [-0.39, 0.29) is 6.10 Å². The Labute approximate surface area is 193 Å². The van der Waals surface area contributed by atoms with Gasteiger partial charge >= 0.3 is 0 Å². The van der Waals surface area contributed by atoms with Crippen LogP contribution in [0.25, 0.3) is 0 Å². The van der Waals surface area contributed by atoms with Crippen LogP contribution < -0.4 is 0 Å². The van der Waals surface area contributed by atoms with Crippen LogP contribution in [0.1, 0.15) is 99.8 Å². The van der Waals surface area contributed by atoms with Crippen LogP contribution in [0.15, 0.2) is 23.8 Å². The minimum atomic E-state index is -0.110. The third-order valence-electron chi connectivity index (χ3n) is 11.3. The second kappa shape index (κ2) is 8.66. The summed E-state index contributed by atoms with van der Waals surface area (Å²) in [6.45, 7) is 17.3. The van der Waals surface area contributed by atoms with Gasteiger partial charge in [0, 0.05) is 0 Å². The van der Waals surface area contributed by atoms with Crippen LogP contribution in [0.4, 0.5) is 0 Å². The van der Waals surface area contributed by atoms with Gasteiger partial charge in [0.2, 0.25) is 0 Å². The molecule has 0 spiro atoms. The second-order valence-corrected chi connectivity index (χ2v) is 12.9. The van der Waals surface area contributed by atoms with Crippen molar-refractivity contribution in [2.24, 2.45) is 58.2 Å². The highest BCUT2D eigenvalue weighted by atomic mass is 16.3. The van der Waals surface area contributed by atoms with Crippen LogP contribution in [-0.4, -0.2) is 11.2 Å². The Balaban J connectivity index is 1.54. The fraction of sp³-hybridized carbons (Fsp3) is 0.867. The largest absolute Gasteiger partial charge is 0.393 e. The summed E-state index contributed by atoms with van der Waals surface area (Å²) in [5.74, 6) is 6.24. The van der Waals surface area contributed by atoms with Gasteiger partial charge in [0.05, 0.1) is 6.10 Å². The summed E-state index contributed by atoms with van der Waals surface area (Å²) in [4.78, 5) is 0. The molecule has 4 aliphatic rings. The topological polar surface area (TPSA) is 20.2 Å². The molecular weight excluding hydrogens is 376 g/mol. The predicted octanol–water partition coefficient (Wildman–Crippen LogP) is 8.05. The Morgan fingerprint density at radius 1 is 1.10 bits per heavy atom. The zero-order chi connectivity index (χ0) is 22.6. The summed E-state index contributed by atoms with van der Waals surface area (Å²) < 4.78 is 0. The molecule has 0 saturated heterocycles. The lowest BCUT2D eigenvalue weighted by Gasteiger charge is -2.60. The van der Waals surface area contributed by atoms with Crippen molar-refractivity contribution < 1.29 is 5.11 Å². The van der Waals surface area contributed by atoms with Crippen molar-refractivity contribution >= 4 is 0 Å². The lowest BCUT2D eigenvalue weighted by molar-refractivity contribution is -0.0734. The number of hydrogen-bond donors (Lipinski definition) is 1. The molecule has 0 aliphatic heterocycles. The van der Waals surface area contributed by atoms with E-state index in [1.807, 2.05) is 0 Å². The van der Waals surface area contributed by atoms with Crippen LogP contribution in [0.3, 0.4) is 0 Å². The number of allylic oxidation sites excluding steroid dienone is 3. The maximum Gasteiger partial charge on any atom is 0.0580 e. The molecular formula is C30H50O. The molecule has 0 aromatic rings. The summed E-state index contributed by atoms with van der Waals surface area (Å²) >= 11 is 0. The van der Waals surface area contributed by atoms with Gasteiger partial charge in [-0.15, -0.1) is 0 Å². The third kappa shape index (κ3) is 3.79. The SMILES string of the molecule is CC[C@@H](/C=C/[C@@H](C)[C@H]1CC[C@H]2[C@@H]3CC=C4C[C@@H](O)CC(C)[C@]4(C)[C@H]3CC[C@]12C)C(C)C. The summed E-state index contributed by atoms with van der Waals surface area (Å²) in [5.41, 5.74) is 2.45. The lowest BCUT2D eigenvalue weighted by atomic mass is 9.45. The van der Waals surface area contributed by atoms with Crippen molar-refractivity contribution in [3.63, 3.8) is 0 Å². The third-order valence-corrected chi connectivity index (χ3v) is 11.3. The molecule has 1 N–H and O–H groups in total. The molecule has 3 fully saturated rings. The predicted molar refractivity (Wildman–Crippen MR) is 133 cm³/mol. The van der Waals surface area contributed by atoms with Crippen molar-refractivity contribution in [2.45, 2.75) is 106 Å². The van der Waals surface area contributed by atoms with Gasteiger partial charge in [-0.05, 0) is 110 Å². The van der Waals surface area contributed by atoms with Crippen molar-refractivity contribution in [2.75, 3.05) is 0 Å². The van der Waals surface area contributed by atoms with Crippen LogP contribution in [0, 0.1) is 58.2 Å². The highest BCUT2D eigenvalue weighted by Crippen LogP contribution is 2.68. The first-order chi connectivity index (χ1) is 14.6. The van der Waals surface area contributed by atoms with E-state index >= 15 is 0 Å². The summed E-state index contributed by atoms with van der Waals surface area (Å²) in [6.07, 6.45) is 17.8. The van der Waals surface area contributed by atoms with Crippen molar-refractivity contribution in [3.05, 3.63) is 23.8 Å².